The molecule has 0 aliphatic carbocycles. The molecule has 3 heterocycles. The summed E-state index contributed by atoms with van der Waals surface area (Å²) in [5, 5.41) is 3.97. The Morgan fingerprint density at radius 3 is 2.75 bits per heavy atom. The van der Waals surface area contributed by atoms with Crippen molar-refractivity contribution in [3.8, 4) is 0 Å². The van der Waals surface area contributed by atoms with Crippen LogP contribution in [-0.4, -0.2) is 42.3 Å². The van der Waals surface area contributed by atoms with Gasteiger partial charge in [-0.2, -0.15) is 0 Å². The van der Waals surface area contributed by atoms with Crippen LogP contribution in [0.1, 0.15) is 29.6 Å². The summed E-state index contributed by atoms with van der Waals surface area (Å²) < 4.78 is 10.3. The lowest BCUT2D eigenvalue weighted by atomic mass is 9.85. The molecular weight excluding hydrogens is 208 g/mol. The molecule has 1 aromatic rings. The van der Waals surface area contributed by atoms with Gasteiger partial charge in [-0.05, 0) is 13.3 Å². The zero-order valence-electron chi connectivity index (χ0n) is 9.23. The second-order valence-corrected chi connectivity index (χ2v) is 4.78. The Labute approximate surface area is 93.3 Å². The maximum absolute atomic E-state index is 11.8. The molecule has 0 radical (unpaired) electrons. The molecule has 0 saturated carbocycles. The molecule has 2 aliphatic rings. The van der Waals surface area contributed by atoms with Gasteiger partial charge in [-0.1, -0.05) is 5.16 Å². The minimum atomic E-state index is -0.0724. The summed E-state index contributed by atoms with van der Waals surface area (Å²) in [4.78, 5) is 13.6. The Morgan fingerprint density at radius 2 is 2.25 bits per heavy atom. The van der Waals surface area contributed by atoms with Crippen LogP contribution in [0.3, 0.4) is 0 Å². The predicted molar refractivity (Wildman–Crippen MR) is 55.2 cm³/mol. The lowest BCUT2D eigenvalue weighted by molar-refractivity contribution is -0.0532. The fourth-order valence-corrected chi connectivity index (χ4v) is 1.89. The van der Waals surface area contributed by atoms with Crippen molar-refractivity contribution >= 4 is 5.91 Å². The third kappa shape index (κ3) is 1.35. The standard InChI is InChI=1S/C11H14N2O3/c1-11(6-15-7-11)9-5-8(16-12-9)10(14)13-3-2-4-13/h5H,2-4,6-7H2,1H3. The van der Waals surface area contributed by atoms with Gasteiger partial charge in [0.1, 0.15) is 0 Å². The molecule has 2 fully saturated rings. The maximum Gasteiger partial charge on any atom is 0.292 e. The normalized spacial score (nSPS) is 22.4. The van der Waals surface area contributed by atoms with E-state index in [0.29, 0.717) is 19.0 Å². The van der Waals surface area contributed by atoms with Gasteiger partial charge in [0, 0.05) is 19.2 Å². The molecule has 0 bridgehead atoms. The number of likely N-dealkylation sites (tertiary alicyclic amines) is 1. The largest absolute Gasteiger partial charge is 0.379 e. The summed E-state index contributed by atoms with van der Waals surface area (Å²) in [5.74, 6) is 0.302. The molecule has 0 N–H and O–H groups in total. The van der Waals surface area contributed by atoms with Crippen molar-refractivity contribution in [3.05, 3.63) is 17.5 Å². The summed E-state index contributed by atoms with van der Waals surface area (Å²) in [5.41, 5.74) is 0.749. The van der Waals surface area contributed by atoms with E-state index in [9.17, 15) is 4.79 Å². The molecule has 1 aromatic heterocycles. The van der Waals surface area contributed by atoms with Crippen molar-refractivity contribution in [2.45, 2.75) is 18.8 Å². The molecule has 5 nitrogen and oxygen atoms in total. The van der Waals surface area contributed by atoms with E-state index < -0.39 is 0 Å². The topological polar surface area (TPSA) is 55.6 Å². The highest BCUT2D eigenvalue weighted by molar-refractivity contribution is 5.92. The van der Waals surface area contributed by atoms with Gasteiger partial charge in [0.15, 0.2) is 0 Å². The van der Waals surface area contributed by atoms with Crippen LogP contribution >= 0.6 is 0 Å². The van der Waals surface area contributed by atoms with E-state index in [0.717, 1.165) is 25.2 Å². The van der Waals surface area contributed by atoms with Crippen LogP contribution in [0.2, 0.25) is 0 Å². The second kappa shape index (κ2) is 3.31. The average Bonchev–Trinajstić information content (AvgIpc) is 2.60. The molecule has 3 rings (SSSR count). The fourth-order valence-electron chi connectivity index (χ4n) is 1.89. The highest BCUT2D eigenvalue weighted by atomic mass is 16.5. The molecule has 16 heavy (non-hydrogen) atoms. The van der Waals surface area contributed by atoms with Crippen molar-refractivity contribution in [2.75, 3.05) is 26.3 Å². The SMILES string of the molecule is CC1(c2cc(C(=O)N3CCC3)on2)COC1. The Balaban J connectivity index is 1.79. The predicted octanol–water partition coefficient (Wildman–Crippen LogP) is 0.808. The van der Waals surface area contributed by atoms with Crippen LogP contribution in [0.15, 0.2) is 10.6 Å². The van der Waals surface area contributed by atoms with Crippen molar-refractivity contribution in [1.82, 2.24) is 10.1 Å². The number of carbonyl (C=O) groups is 1. The van der Waals surface area contributed by atoms with Gasteiger partial charge in [-0.15, -0.1) is 0 Å². The van der Waals surface area contributed by atoms with Crippen LogP contribution in [0, 0.1) is 0 Å². The number of nitrogens with zero attached hydrogens (tertiary/aromatic N) is 2. The maximum atomic E-state index is 11.8. The average molecular weight is 222 g/mol. The zero-order chi connectivity index (χ0) is 11.2. The van der Waals surface area contributed by atoms with E-state index in [2.05, 4.69) is 12.1 Å². The molecular formula is C11H14N2O3. The molecule has 86 valence electrons. The molecule has 2 saturated heterocycles. The third-order valence-electron chi connectivity index (χ3n) is 3.32. The molecule has 2 aliphatic heterocycles. The van der Waals surface area contributed by atoms with Crippen LogP contribution in [-0.2, 0) is 10.2 Å². The van der Waals surface area contributed by atoms with Gasteiger partial charge >= 0.3 is 0 Å². The molecule has 0 spiro atoms. The van der Waals surface area contributed by atoms with E-state index in [-0.39, 0.29) is 11.3 Å². The number of amides is 1. The summed E-state index contributed by atoms with van der Waals surface area (Å²) in [7, 11) is 0. The summed E-state index contributed by atoms with van der Waals surface area (Å²) >= 11 is 0. The number of carbonyl (C=O) groups excluding carboxylic acids is 1. The smallest absolute Gasteiger partial charge is 0.292 e. The Morgan fingerprint density at radius 1 is 1.50 bits per heavy atom. The lowest BCUT2D eigenvalue weighted by Gasteiger charge is -2.35. The van der Waals surface area contributed by atoms with Crippen LogP contribution in [0.5, 0.6) is 0 Å². The highest BCUT2D eigenvalue weighted by Gasteiger charge is 2.39. The number of hydrogen-bond donors (Lipinski definition) is 0. The number of rotatable bonds is 2. The first-order valence-electron chi connectivity index (χ1n) is 5.53. The van der Waals surface area contributed by atoms with Gasteiger partial charge in [0.05, 0.1) is 24.3 Å². The Bertz CT molecular complexity index is 419. The Kier molecular flexibility index (Phi) is 2.04. The van der Waals surface area contributed by atoms with Crippen molar-refractivity contribution in [3.63, 3.8) is 0 Å². The van der Waals surface area contributed by atoms with Gasteiger partial charge in [-0.25, -0.2) is 0 Å². The molecule has 0 unspecified atom stereocenters. The monoisotopic (exact) mass is 222 g/mol. The molecule has 5 heteroatoms. The molecule has 0 atom stereocenters. The van der Waals surface area contributed by atoms with Crippen LogP contribution < -0.4 is 0 Å². The van der Waals surface area contributed by atoms with Gasteiger partial charge < -0.3 is 14.2 Å². The summed E-state index contributed by atoms with van der Waals surface area (Å²) in [6.07, 6.45) is 1.08. The van der Waals surface area contributed by atoms with Crippen molar-refractivity contribution < 1.29 is 14.1 Å². The second-order valence-electron chi connectivity index (χ2n) is 4.78. The lowest BCUT2D eigenvalue weighted by Crippen LogP contribution is -2.44. The first-order valence-corrected chi connectivity index (χ1v) is 5.53. The zero-order valence-corrected chi connectivity index (χ0v) is 9.23. The van der Waals surface area contributed by atoms with E-state index >= 15 is 0 Å². The molecule has 0 aromatic carbocycles. The number of hydrogen-bond acceptors (Lipinski definition) is 4. The summed E-state index contributed by atoms with van der Waals surface area (Å²) in [6.45, 7) is 5.02. The third-order valence-corrected chi connectivity index (χ3v) is 3.32. The first kappa shape index (κ1) is 9.84. The Hall–Kier alpha value is -1.36. The van der Waals surface area contributed by atoms with E-state index in [1.54, 1.807) is 11.0 Å². The van der Waals surface area contributed by atoms with Crippen LogP contribution in [0.25, 0.3) is 0 Å². The number of ether oxygens (including phenoxy) is 1. The van der Waals surface area contributed by atoms with E-state index in [1.165, 1.54) is 0 Å². The van der Waals surface area contributed by atoms with Crippen LogP contribution in [0.4, 0.5) is 0 Å². The number of aromatic nitrogens is 1. The quantitative estimate of drug-likeness (QED) is 0.743. The van der Waals surface area contributed by atoms with Gasteiger partial charge in [0.25, 0.3) is 5.91 Å². The fraction of sp³-hybridized carbons (Fsp3) is 0.636. The minimum absolute atomic E-state index is 0.0474. The van der Waals surface area contributed by atoms with Crippen molar-refractivity contribution in [2.24, 2.45) is 0 Å². The highest BCUT2D eigenvalue weighted by Crippen LogP contribution is 2.31. The van der Waals surface area contributed by atoms with Gasteiger partial charge in [0.2, 0.25) is 5.76 Å². The summed E-state index contributed by atoms with van der Waals surface area (Å²) in [6, 6.07) is 1.75. The van der Waals surface area contributed by atoms with E-state index in [1.807, 2.05) is 0 Å². The first-order chi connectivity index (χ1) is 7.69. The van der Waals surface area contributed by atoms with Gasteiger partial charge in [-0.3, -0.25) is 4.79 Å². The molecule has 1 amide bonds. The minimum Gasteiger partial charge on any atom is -0.379 e. The van der Waals surface area contributed by atoms with E-state index in [4.69, 9.17) is 9.26 Å². The van der Waals surface area contributed by atoms with Crippen molar-refractivity contribution in [1.29, 1.82) is 0 Å².